The average molecular weight is 156 g/mol. The molecule has 0 aromatic heterocycles. The van der Waals surface area contributed by atoms with Crippen molar-refractivity contribution in [2.45, 2.75) is 13.8 Å². The van der Waals surface area contributed by atoms with Gasteiger partial charge in [-0.15, -0.1) is 0 Å². The molecule has 0 aromatic carbocycles. The summed E-state index contributed by atoms with van der Waals surface area (Å²) in [5, 5.41) is 0. The number of hydrogen-bond acceptors (Lipinski definition) is 1. The van der Waals surface area contributed by atoms with Crippen molar-refractivity contribution in [3.8, 4) is 0 Å². The molecule has 10 heavy (non-hydrogen) atoms. The predicted octanol–water partition coefficient (Wildman–Crippen LogP) is 1.32. The molecule has 0 aliphatic heterocycles. The fourth-order valence-electron chi connectivity index (χ4n) is 0.676. The van der Waals surface area contributed by atoms with Crippen molar-refractivity contribution in [3.05, 3.63) is 34.9 Å². The molecule has 0 heterocycles. The second-order valence-corrected chi connectivity index (χ2v) is 2.94. The molecule has 0 atom stereocenters. The van der Waals surface area contributed by atoms with E-state index in [1.54, 1.807) is 0 Å². The summed E-state index contributed by atoms with van der Waals surface area (Å²) >= 11 is 3.27. The highest BCUT2D eigenvalue weighted by atomic mass is 32.1. The van der Waals surface area contributed by atoms with Crippen LogP contribution in [0.3, 0.4) is 0 Å². The van der Waals surface area contributed by atoms with Gasteiger partial charge in [0.2, 0.25) is 0 Å². The first kappa shape index (κ1) is 9.37. The standard InChI is InChI=1S/C8H13NS/c1-6(4-7(2)9)5-8(3)10/h4-5,10H,3,9H2,1-2H3/p+1/b6-5-,7-4-. The van der Waals surface area contributed by atoms with E-state index >= 15 is 0 Å². The first-order chi connectivity index (χ1) is 4.52. The first-order valence-corrected chi connectivity index (χ1v) is 3.55. The molecule has 1 nitrogen and oxygen atoms in total. The summed E-state index contributed by atoms with van der Waals surface area (Å²) in [4.78, 5) is 0.856. The highest BCUT2D eigenvalue weighted by molar-refractivity contribution is 7.63. The molecule has 2 N–H and O–H groups in total. The summed E-state index contributed by atoms with van der Waals surface area (Å²) in [6.45, 7) is 7.50. The van der Waals surface area contributed by atoms with Gasteiger partial charge in [0.15, 0.2) is 0 Å². The zero-order valence-electron chi connectivity index (χ0n) is 6.44. The van der Waals surface area contributed by atoms with Crippen molar-refractivity contribution in [1.29, 1.82) is 0 Å². The Morgan fingerprint density at radius 1 is 1.40 bits per heavy atom. The van der Waals surface area contributed by atoms with Crippen LogP contribution >= 0.6 is 0 Å². The Morgan fingerprint density at radius 3 is 2.20 bits per heavy atom. The summed E-state index contributed by atoms with van der Waals surface area (Å²) in [6.07, 6.45) is 3.80. The van der Waals surface area contributed by atoms with Gasteiger partial charge in [0.1, 0.15) is 4.91 Å². The predicted molar refractivity (Wildman–Crippen MR) is 51.0 cm³/mol. The van der Waals surface area contributed by atoms with E-state index < -0.39 is 0 Å². The van der Waals surface area contributed by atoms with Crippen LogP contribution in [0.4, 0.5) is 0 Å². The van der Waals surface area contributed by atoms with Crippen LogP contribution in [0.5, 0.6) is 0 Å². The first-order valence-electron chi connectivity index (χ1n) is 3.05. The number of rotatable bonds is 2. The Balaban J connectivity index is 4.22. The highest BCUT2D eigenvalue weighted by Gasteiger charge is 1.87. The number of nitrogens with two attached hydrogens (primary N) is 1. The lowest BCUT2D eigenvalue weighted by Gasteiger charge is -1.90. The van der Waals surface area contributed by atoms with Gasteiger partial charge in [-0.1, -0.05) is 0 Å². The second-order valence-electron chi connectivity index (χ2n) is 2.30. The smallest absolute Gasteiger partial charge is 0.143 e. The Labute approximate surface area is 67.7 Å². The molecule has 0 spiro atoms. The van der Waals surface area contributed by atoms with Crippen molar-refractivity contribution in [1.82, 2.24) is 0 Å². The summed E-state index contributed by atoms with van der Waals surface area (Å²) in [7, 11) is 0. The minimum absolute atomic E-state index is 0.807. The molecule has 56 valence electrons. The van der Waals surface area contributed by atoms with E-state index in [1.807, 2.05) is 26.0 Å². The fraction of sp³-hybridized carbons (Fsp3) is 0.250. The molecule has 0 bridgehead atoms. The zero-order valence-corrected chi connectivity index (χ0v) is 7.44. The molecular formula is C8H14NS+. The molecule has 0 aliphatic rings. The van der Waals surface area contributed by atoms with E-state index in [2.05, 4.69) is 19.2 Å². The average Bonchev–Trinajstić information content (AvgIpc) is 1.58. The maximum absolute atomic E-state index is 5.44. The van der Waals surface area contributed by atoms with Gasteiger partial charge in [-0.05, 0) is 50.8 Å². The van der Waals surface area contributed by atoms with E-state index in [4.69, 9.17) is 5.73 Å². The van der Waals surface area contributed by atoms with Crippen LogP contribution in [0.1, 0.15) is 13.8 Å². The number of hydrogen-bond donors (Lipinski definition) is 1. The SMILES string of the molecule is C=C([SH2+])/C=C(C)\C=C(\C)N. The molecule has 0 aromatic rings. The van der Waals surface area contributed by atoms with Crippen LogP contribution in [-0.4, -0.2) is 0 Å². The van der Waals surface area contributed by atoms with Gasteiger partial charge in [0.05, 0.1) is 0 Å². The van der Waals surface area contributed by atoms with Gasteiger partial charge >= 0.3 is 0 Å². The maximum atomic E-state index is 5.44. The van der Waals surface area contributed by atoms with Crippen LogP contribution in [-0.2, 0) is 12.6 Å². The van der Waals surface area contributed by atoms with Gasteiger partial charge in [0.25, 0.3) is 0 Å². The topological polar surface area (TPSA) is 26.0 Å². The van der Waals surface area contributed by atoms with E-state index in [1.165, 1.54) is 0 Å². The third-order valence-electron chi connectivity index (χ3n) is 0.857. The van der Waals surface area contributed by atoms with Crippen LogP contribution in [0.2, 0.25) is 0 Å². The number of allylic oxidation sites excluding steroid dienone is 4. The fourth-order valence-corrected chi connectivity index (χ4v) is 0.903. The largest absolute Gasteiger partial charge is 0.402 e. The molecule has 0 unspecified atom stereocenters. The lowest BCUT2D eigenvalue weighted by Crippen LogP contribution is -1.89. The Morgan fingerprint density at radius 2 is 1.90 bits per heavy atom. The van der Waals surface area contributed by atoms with Crippen LogP contribution in [0.25, 0.3) is 0 Å². The second kappa shape index (κ2) is 4.23. The van der Waals surface area contributed by atoms with Crippen molar-refractivity contribution >= 4 is 12.6 Å². The van der Waals surface area contributed by atoms with Crippen molar-refractivity contribution < 1.29 is 0 Å². The van der Waals surface area contributed by atoms with E-state index in [-0.39, 0.29) is 0 Å². The van der Waals surface area contributed by atoms with Gasteiger partial charge in [-0.3, -0.25) is 0 Å². The maximum Gasteiger partial charge on any atom is 0.143 e. The van der Waals surface area contributed by atoms with E-state index in [9.17, 15) is 0 Å². The van der Waals surface area contributed by atoms with Gasteiger partial charge in [0, 0.05) is 5.70 Å². The van der Waals surface area contributed by atoms with Gasteiger partial charge in [-0.2, -0.15) is 0 Å². The summed E-state index contributed by atoms with van der Waals surface area (Å²) < 4.78 is 0. The summed E-state index contributed by atoms with van der Waals surface area (Å²) in [6, 6.07) is 0. The van der Waals surface area contributed by atoms with Crippen LogP contribution in [0, 0.1) is 0 Å². The minimum atomic E-state index is 0.807. The molecule has 0 amide bonds. The van der Waals surface area contributed by atoms with Crippen molar-refractivity contribution in [2.75, 3.05) is 0 Å². The van der Waals surface area contributed by atoms with Crippen molar-refractivity contribution in [2.24, 2.45) is 5.73 Å². The molecule has 0 saturated carbocycles. The Bertz CT molecular complexity index is 185. The van der Waals surface area contributed by atoms with Crippen LogP contribution in [0.15, 0.2) is 34.9 Å². The molecule has 0 rings (SSSR count). The zero-order chi connectivity index (χ0) is 8.15. The summed E-state index contributed by atoms with van der Waals surface area (Å²) in [5.41, 5.74) is 7.35. The monoisotopic (exact) mass is 156 g/mol. The Hall–Kier alpha value is -0.630. The van der Waals surface area contributed by atoms with Crippen molar-refractivity contribution in [3.63, 3.8) is 0 Å². The molecule has 0 aliphatic carbocycles. The Kier molecular flexibility index (Phi) is 3.96. The van der Waals surface area contributed by atoms with Gasteiger partial charge in [-0.25, -0.2) is 0 Å². The lowest BCUT2D eigenvalue weighted by atomic mass is 10.2. The minimum Gasteiger partial charge on any atom is -0.402 e. The molecule has 0 fully saturated rings. The van der Waals surface area contributed by atoms with E-state index in [0.717, 1.165) is 16.2 Å². The quantitative estimate of drug-likeness (QED) is 0.473. The molecular weight excluding hydrogens is 142 g/mol. The third kappa shape index (κ3) is 5.51. The highest BCUT2D eigenvalue weighted by Crippen LogP contribution is 2.00. The normalized spacial score (nSPS) is 13.5. The van der Waals surface area contributed by atoms with Gasteiger partial charge < -0.3 is 5.73 Å². The lowest BCUT2D eigenvalue weighted by molar-refractivity contribution is 1.29. The molecule has 2 heteroatoms. The molecule has 0 saturated heterocycles. The van der Waals surface area contributed by atoms with Crippen LogP contribution < -0.4 is 5.73 Å². The third-order valence-corrected chi connectivity index (χ3v) is 1.00. The summed E-state index contributed by atoms with van der Waals surface area (Å²) in [5.74, 6) is 0. The molecule has 0 radical (unpaired) electrons. The van der Waals surface area contributed by atoms with E-state index in [0.29, 0.717) is 0 Å².